The van der Waals surface area contributed by atoms with Gasteiger partial charge in [0.2, 0.25) is 0 Å². The van der Waals surface area contributed by atoms with Crippen LogP contribution >= 0.6 is 11.3 Å². The normalized spacial score (nSPS) is 10.8. The van der Waals surface area contributed by atoms with Crippen molar-refractivity contribution < 1.29 is 0 Å². The molecule has 7 nitrogen and oxygen atoms in total. The van der Waals surface area contributed by atoms with E-state index in [4.69, 9.17) is 5.73 Å². The van der Waals surface area contributed by atoms with E-state index in [9.17, 15) is 9.59 Å². The van der Waals surface area contributed by atoms with Crippen LogP contribution in [0.2, 0.25) is 0 Å². The molecule has 0 saturated carbocycles. The summed E-state index contributed by atoms with van der Waals surface area (Å²) in [4.78, 5) is 28.4. The van der Waals surface area contributed by atoms with Crippen molar-refractivity contribution in [2.45, 2.75) is 26.3 Å². The van der Waals surface area contributed by atoms with E-state index >= 15 is 0 Å². The van der Waals surface area contributed by atoms with Crippen molar-refractivity contribution >= 4 is 22.8 Å². The third-order valence-corrected chi connectivity index (χ3v) is 3.83. The first-order valence-electron chi connectivity index (χ1n) is 6.76. The highest BCUT2D eigenvalue weighted by molar-refractivity contribution is 7.07. The van der Waals surface area contributed by atoms with Crippen LogP contribution in [0.5, 0.6) is 0 Å². The van der Waals surface area contributed by atoms with Crippen LogP contribution in [0.4, 0.5) is 11.5 Å². The van der Waals surface area contributed by atoms with Crippen molar-refractivity contribution in [2.75, 3.05) is 17.6 Å². The summed E-state index contributed by atoms with van der Waals surface area (Å²) in [5.41, 5.74) is 8.20. The molecule has 0 aliphatic carbocycles. The topological polar surface area (TPSA) is 94.9 Å². The largest absolute Gasteiger partial charge is 0.383 e. The molecule has 0 bridgehead atoms. The van der Waals surface area contributed by atoms with Crippen molar-refractivity contribution in [1.29, 1.82) is 0 Å². The molecule has 0 spiro atoms. The summed E-state index contributed by atoms with van der Waals surface area (Å²) in [6.07, 6.45) is 1.46. The number of nitrogen functional groups attached to an aromatic ring is 1. The molecule has 8 heteroatoms. The molecular weight excluding hydrogens is 290 g/mol. The summed E-state index contributed by atoms with van der Waals surface area (Å²) in [6, 6.07) is 0. The molecule has 3 N–H and O–H groups in total. The number of rotatable bonds is 6. The standard InChI is InChI=1S/C13H19N5O2S/c1-3-6-18-11(14)10(12(19)17(2)13(18)20)15-5-4-9-7-21-8-16-9/h7-8,15H,3-6,14H2,1-2H3. The Morgan fingerprint density at radius 1 is 1.43 bits per heavy atom. The van der Waals surface area contributed by atoms with E-state index in [2.05, 4.69) is 10.3 Å². The quantitative estimate of drug-likeness (QED) is 0.817. The molecule has 0 aliphatic rings. The van der Waals surface area contributed by atoms with Gasteiger partial charge in [-0.3, -0.25) is 13.9 Å². The van der Waals surface area contributed by atoms with Gasteiger partial charge in [0.25, 0.3) is 5.56 Å². The summed E-state index contributed by atoms with van der Waals surface area (Å²) in [5.74, 6) is 0.197. The van der Waals surface area contributed by atoms with Gasteiger partial charge in [-0.15, -0.1) is 11.3 Å². The zero-order chi connectivity index (χ0) is 15.4. The molecule has 0 radical (unpaired) electrons. The van der Waals surface area contributed by atoms with Gasteiger partial charge in [-0.05, 0) is 6.42 Å². The maximum Gasteiger partial charge on any atom is 0.332 e. The fourth-order valence-electron chi connectivity index (χ4n) is 2.07. The zero-order valence-electron chi connectivity index (χ0n) is 12.1. The van der Waals surface area contributed by atoms with Crippen molar-refractivity contribution in [3.63, 3.8) is 0 Å². The molecule has 2 rings (SSSR count). The van der Waals surface area contributed by atoms with Crippen LogP contribution in [0.3, 0.4) is 0 Å². The van der Waals surface area contributed by atoms with Crippen LogP contribution in [-0.4, -0.2) is 20.7 Å². The molecule has 2 heterocycles. The molecule has 0 saturated heterocycles. The van der Waals surface area contributed by atoms with Crippen molar-refractivity contribution in [1.82, 2.24) is 14.1 Å². The lowest BCUT2D eigenvalue weighted by molar-refractivity contribution is 0.600. The number of nitrogens with one attached hydrogen (secondary N) is 1. The number of aromatic nitrogens is 3. The lowest BCUT2D eigenvalue weighted by atomic mass is 10.3. The van der Waals surface area contributed by atoms with Crippen LogP contribution < -0.4 is 22.3 Å². The van der Waals surface area contributed by atoms with Crippen LogP contribution in [0.15, 0.2) is 20.5 Å². The Morgan fingerprint density at radius 3 is 2.81 bits per heavy atom. The average Bonchev–Trinajstić information content (AvgIpc) is 2.98. The number of hydrogen-bond donors (Lipinski definition) is 2. The molecule has 0 atom stereocenters. The van der Waals surface area contributed by atoms with Gasteiger partial charge in [-0.1, -0.05) is 6.92 Å². The second kappa shape index (κ2) is 6.57. The van der Waals surface area contributed by atoms with Gasteiger partial charge < -0.3 is 11.1 Å². The number of hydrogen-bond acceptors (Lipinski definition) is 6. The fraction of sp³-hybridized carbons (Fsp3) is 0.462. The lowest BCUT2D eigenvalue weighted by Gasteiger charge is -2.15. The second-order valence-electron chi connectivity index (χ2n) is 4.72. The van der Waals surface area contributed by atoms with Gasteiger partial charge in [0.15, 0.2) is 0 Å². The Balaban J connectivity index is 2.26. The van der Waals surface area contributed by atoms with E-state index in [1.54, 1.807) is 5.51 Å². The molecule has 2 aromatic rings. The third-order valence-electron chi connectivity index (χ3n) is 3.20. The van der Waals surface area contributed by atoms with Gasteiger partial charge in [0.05, 0.1) is 11.2 Å². The summed E-state index contributed by atoms with van der Waals surface area (Å²) >= 11 is 1.53. The molecule has 21 heavy (non-hydrogen) atoms. The molecule has 0 unspecified atom stereocenters. The van der Waals surface area contributed by atoms with Crippen molar-refractivity contribution in [2.24, 2.45) is 7.05 Å². The predicted molar refractivity (Wildman–Crippen MR) is 85.0 cm³/mol. The van der Waals surface area contributed by atoms with E-state index in [-0.39, 0.29) is 17.2 Å². The lowest BCUT2D eigenvalue weighted by Crippen LogP contribution is -2.41. The Bertz CT molecular complexity index is 717. The number of thiazole rings is 1. The highest BCUT2D eigenvalue weighted by Crippen LogP contribution is 2.11. The average molecular weight is 309 g/mol. The first-order chi connectivity index (χ1) is 10.1. The minimum atomic E-state index is -0.400. The minimum absolute atomic E-state index is 0.197. The Labute approximate surface area is 126 Å². The molecular formula is C13H19N5O2S. The monoisotopic (exact) mass is 309 g/mol. The van der Waals surface area contributed by atoms with Crippen LogP contribution in [0.1, 0.15) is 19.0 Å². The van der Waals surface area contributed by atoms with Gasteiger partial charge >= 0.3 is 5.69 Å². The summed E-state index contributed by atoms with van der Waals surface area (Å²) in [6.45, 7) is 2.97. The predicted octanol–water partition coefficient (Wildman–Crippen LogP) is 0.650. The van der Waals surface area contributed by atoms with Gasteiger partial charge in [-0.25, -0.2) is 9.78 Å². The second-order valence-corrected chi connectivity index (χ2v) is 5.43. The minimum Gasteiger partial charge on any atom is -0.383 e. The molecule has 0 aromatic carbocycles. The van der Waals surface area contributed by atoms with Gasteiger partial charge in [0, 0.05) is 31.9 Å². The maximum absolute atomic E-state index is 12.2. The van der Waals surface area contributed by atoms with Crippen molar-refractivity contribution in [3.8, 4) is 0 Å². The van der Waals surface area contributed by atoms with Crippen LogP contribution in [0, 0.1) is 0 Å². The van der Waals surface area contributed by atoms with E-state index in [0.717, 1.165) is 16.7 Å². The first kappa shape index (κ1) is 15.3. The number of nitrogens with zero attached hydrogens (tertiary/aromatic N) is 3. The molecule has 2 aromatic heterocycles. The van der Waals surface area contributed by atoms with Crippen molar-refractivity contribution in [3.05, 3.63) is 37.4 Å². The highest BCUT2D eigenvalue weighted by Gasteiger charge is 2.14. The molecule has 114 valence electrons. The van der Waals surface area contributed by atoms with E-state index in [0.29, 0.717) is 19.5 Å². The molecule has 0 aliphatic heterocycles. The highest BCUT2D eigenvalue weighted by atomic mass is 32.1. The van der Waals surface area contributed by atoms with E-state index in [1.165, 1.54) is 23.0 Å². The summed E-state index contributed by atoms with van der Waals surface area (Å²) in [7, 11) is 1.46. The van der Waals surface area contributed by atoms with E-state index < -0.39 is 5.56 Å². The number of nitrogens with two attached hydrogens (primary N) is 1. The first-order valence-corrected chi connectivity index (χ1v) is 7.70. The Hall–Kier alpha value is -2.09. The maximum atomic E-state index is 12.2. The molecule has 0 fully saturated rings. The molecule has 0 amide bonds. The zero-order valence-corrected chi connectivity index (χ0v) is 12.9. The Kier molecular flexibility index (Phi) is 4.79. The summed E-state index contributed by atoms with van der Waals surface area (Å²) < 4.78 is 2.50. The SMILES string of the molecule is CCCn1c(N)c(NCCc2cscn2)c(=O)n(C)c1=O. The Morgan fingerprint density at radius 2 is 2.19 bits per heavy atom. The summed E-state index contributed by atoms with van der Waals surface area (Å²) in [5, 5.41) is 4.99. The van der Waals surface area contributed by atoms with Gasteiger partial charge in [-0.2, -0.15) is 0 Å². The number of anilines is 2. The smallest absolute Gasteiger partial charge is 0.332 e. The van der Waals surface area contributed by atoms with Gasteiger partial charge in [0.1, 0.15) is 11.5 Å². The third kappa shape index (κ3) is 3.15. The fourth-order valence-corrected chi connectivity index (χ4v) is 2.66. The van der Waals surface area contributed by atoms with Crippen LogP contribution in [0.25, 0.3) is 0 Å². The van der Waals surface area contributed by atoms with E-state index in [1.807, 2.05) is 12.3 Å². The van der Waals surface area contributed by atoms with Crippen LogP contribution in [-0.2, 0) is 20.0 Å².